The molecule has 0 aliphatic heterocycles. The van der Waals surface area contributed by atoms with Crippen LogP contribution in [0.3, 0.4) is 0 Å². The Morgan fingerprint density at radius 1 is 1.41 bits per heavy atom. The molecule has 0 amide bonds. The summed E-state index contributed by atoms with van der Waals surface area (Å²) in [6, 6.07) is 2.40. The van der Waals surface area contributed by atoms with Crippen molar-refractivity contribution in [3.05, 3.63) is 24.2 Å². The number of furan rings is 1. The summed E-state index contributed by atoms with van der Waals surface area (Å²) in [4.78, 5) is 0. The fourth-order valence-electron chi connectivity index (χ4n) is 3.04. The molecule has 1 fully saturated rings. The molecule has 1 N–H and O–H groups in total. The Morgan fingerprint density at radius 2 is 2.18 bits per heavy atom. The predicted molar refractivity (Wildman–Crippen MR) is 68.1 cm³/mol. The Hall–Kier alpha value is -0.800. The van der Waals surface area contributed by atoms with E-state index in [1.54, 1.807) is 6.26 Å². The van der Waals surface area contributed by atoms with E-state index in [4.69, 9.17) is 9.15 Å². The lowest BCUT2D eigenvalue weighted by molar-refractivity contribution is -0.0657. The van der Waals surface area contributed by atoms with Crippen LogP contribution in [0.1, 0.15) is 37.7 Å². The van der Waals surface area contributed by atoms with Crippen LogP contribution >= 0.6 is 0 Å². The van der Waals surface area contributed by atoms with Crippen LogP contribution in [0.4, 0.5) is 0 Å². The Balaban J connectivity index is 2.09. The highest BCUT2D eigenvalue weighted by Gasteiger charge is 2.39. The maximum Gasteiger partial charge on any atom is 0.0935 e. The summed E-state index contributed by atoms with van der Waals surface area (Å²) in [7, 11) is 3.88. The Labute approximate surface area is 104 Å². The maximum absolute atomic E-state index is 5.89. The quantitative estimate of drug-likeness (QED) is 0.855. The molecule has 17 heavy (non-hydrogen) atoms. The van der Waals surface area contributed by atoms with Gasteiger partial charge < -0.3 is 14.5 Å². The van der Waals surface area contributed by atoms with E-state index in [0.717, 1.165) is 19.3 Å². The lowest BCUT2D eigenvalue weighted by Gasteiger charge is -2.42. The number of hydrogen-bond donors (Lipinski definition) is 1. The van der Waals surface area contributed by atoms with Crippen LogP contribution < -0.4 is 5.32 Å². The van der Waals surface area contributed by atoms with Crippen molar-refractivity contribution in [2.45, 2.75) is 50.2 Å². The van der Waals surface area contributed by atoms with Crippen molar-refractivity contribution in [3.63, 3.8) is 0 Å². The molecule has 3 nitrogen and oxygen atoms in total. The second kappa shape index (κ2) is 5.69. The van der Waals surface area contributed by atoms with E-state index in [-0.39, 0.29) is 5.60 Å². The van der Waals surface area contributed by atoms with Crippen LogP contribution in [0.25, 0.3) is 0 Å². The Morgan fingerprint density at radius 3 is 2.71 bits per heavy atom. The van der Waals surface area contributed by atoms with Crippen molar-refractivity contribution >= 4 is 0 Å². The van der Waals surface area contributed by atoms with Crippen molar-refractivity contribution in [2.75, 3.05) is 14.2 Å². The monoisotopic (exact) mass is 237 g/mol. The zero-order chi connectivity index (χ0) is 12.1. The van der Waals surface area contributed by atoms with Gasteiger partial charge in [-0.1, -0.05) is 19.3 Å². The molecule has 1 unspecified atom stereocenters. The number of ether oxygens (including phenoxy) is 1. The van der Waals surface area contributed by atoms with Crippen LogP contribution in [0.2, 0.25) is 0 Å². The lowest BCUT2D eigenvalue weighted by Crippen LogP contribution is -2.53. The van der Waals surface area contributed by atoms with Crippen molar-refractivity contribution < 1.29 is 9.15 Å². The fourth-order valence-corrected chi connectivity index (χ4v) is 3.04. The highest BCUT2D eigenvalue weighted by Crippen LogP contribution is 2.35. The van der Waals surface area contributed by atoms with Gasteiger partial charge in [-0.15, -0.1) is 0 Å². The zero-order valence-corrected chi connectivity index (χ0v) is 10.9. The van der Waals surface area contributed by atoms with Gasteiger partial charge in [-0.3, -0.25) is 0 Å². The van der Waals surface area contributed by atoms with Crippen molar-refractivity contribution in [1.82, 2.24) is 5.32 Å². The third-order valence-electron chi connectivity index (χ3n) is 4.11. The second-order valence-electron chi connectivity index (χ2n) is 5.01. The Kier molecular flexibility index (Phi) is 4.24. The van der Waals surface area contributed by atoms with Crippen molar-refractivity contribution in [1.29, 1.82) is 0 Å². The van der Waals surface area contributed by atoms with Crippen LogP contribution in [0.15, 0.2) is 23.0 Å². The molecule has 0 aromatic carbocycles. The van der Waals surface area contributed by atoms with Gasteiger partial charge in [0, 0.05) is 13.2 Å². The molecule has 0 saturated heterocycles. The average Bonchev–Trinajstić information content (AvgIpc) is 2.89. The summed E-state index contributed by atoms with van der Waals surface area (Å²) in [5.41, 5.74) is 1.25. The lowest BCUT2D eigenvalue weighted by atomic mass is 9.77. The molecule has 0 radical (unpaired) electrons. The summed E-state index contributed by atoms with van der Waals surface area (Å²) in [5.74, 6) is 0. The van der Waals surface area contributed by atoms with E-state index >= 15 is 0 Å². The van der Waals surface area contributed by atoms with Gasteiger partial charge in [-0.2, -0.15) is 0 Å². The van der Waals surface area contributed by atoms with Crippen molar-refractivity contribution in [3.8, 4) is 0 Å². The van der Waals surface area contributed by atoms with E-state index < -0.39 is 0 Å². The van der Waals surface area contributed by atoms with Crippen molar-refractivity contribution in [2.24, 2.45) is 0 Å². The summed E-state index contributed by atoms with van der Waals surface area (Å²) < 4.78 is 11.0. The topological polar surface area (TPSA) is 34.4 Å². The molecule has 1 aliphatic carbocycles. The number of methoxy groups -OCH3 is 1. The minimum atomic E-state index is 0.00424. The maximum atomic E-state index is 5.89. The van der Waals surface area contributed by atoms with Gasteiger partial charge in [0.2, 0.25) is 0 Å². The minimum absolute atomic E-state index is 0.00424. The first-order valence-electron chi connectivity index (χ1n) is 6.54. The van der Waals surface area contributed by atoms with Gasteiger partial charge in [0.15, 0.2) is 0 Å². The molecule has 3 heteroatoms. The van der Waals surface area contributed by atoms with Gasteiger partial charge in [0.05, 0.1) is 18.1 Å². The average molecular weight is 237 g/mol. The molecular formula is C14H23NO2. The van der Waals surface area contributed by atoms with Crippen LogP contribution in [0.5, 0.6) is 0 Å². The highest BCUT2D eigenvalue weighted by molar-refractivity contribution is 5.10. The van der Waals surface area contributed by atoms with E-state index in [1.165, 1.54) is 24.8 Å². The molecular weight excluding hydrogens is 214 g/mol. The van der Waals surface area contributed by atoms with Crippen LogP contribution in [0, 0.1) is 0 Å². The molecule has 1 aliphatic rings. The van der Waals surface area contributed by atoms with Gasteiger partial charge in [0.1, 0.15) is 0 Å². The molecule has 1 aromatic rings. The zero-order valence-electron chi connectivity index (χ0n) is 10.9. The summed E-state index contributed by atoms with van der Waals surface area (Å²) in [5, 5.41) is 3.44. The van der Waals surface area contributed by atoms with Gasteiger partial charge in [-0.25, -0.2) is 0 Å². The second-order valence-corrected chi connectivity index (χ2v) is 5.01. The van der Waals surface area contributed by atoms with E-state index in [2.05, 4.69) is 5.32 Å². The third kappa shape index (κ3) is 2.72. The molecule has 1 aromatic heterocycles. The molecule has 96 valence electrons. The highest BCUT2D eigenvalue weighted by atomic mass is 16.5. The molecule has 2 rings (SSSR count). The molecule has 1 atom stereocenters. The fraction of sp³-hybridized carbons (Fsp3) is 0.714. The van der Waals surface area contributed by atoms with E-state index in [9.17, 15) is 0 Å². The first-order valence-corrected chi connectivity index (χ1v) is 6.54. The summed E-state index contributed by atoms with van der Waals surface area (Å²) >= 11 is 0. The smallest absolute Gasteiger partial charge is 0.0935 e. The van der Waals surface area contributed by atoms with E-state index in [1.807, 2.05) is 26.5 Å². The number of hydrogen-bond acceptors (Lipinski definition) is 3. The molecule has 0 spiro atoms. The SMILES string of the molecule is CNC(Cc1ccoc1)C1(OC)CCCCC1. The predicted octanol–water partition coefficient (Wildman–Crippen LogP) is 2.76. The Bertz CT molecular complexity index is 315. The first kappa shape index (κ1) is 12.7. The standard InChI is InChI=1S/C14H23NO2/c1-15-13(10-12-6-9-17-11-12)14(16-2)7-4-3-5-8-14/h6,9,11,13,15H,3-5,7-8,10H2,1-2H3. The molecule has 1 saturated carbocycles. The summed E-state index contributed by atoms with van der Waals surface area (Å²) in [6.45, 7) is 0. The number of rotatable bonds is 5. The van der Waals surface area contributed by atoms with Crippen LogP contribution in [-0.2, 0) is 11.2 Å². The largest absolute Gasteiger partial charge is 0.472 e. The molecule has 1 heterocycles. The number of likely N-dealkylation sites (N-methyl/N-ethyl adjacent to an activating group) is 1. The van der Waals surface area contributed by atoms with Gasteiger partial charge in [-0.05, 0) is 37.9 Å². The molecule has 0 bridgehead atoms. The third-order valence-corrected chi connectivity index (χ3v) is 4.11. The first-order chi connectivity index (χ1) is 8.30. The minimum Gasteiger partial charge on any atom is -0.472 e. The number of nitrogens with one attached hydrogen (secondary N) is 1. The van der Waals surface area contributed by atoms with Crippen LogP contribution in [-0.4, -0.2) is 25.8 Å². The van der Waals surface area contributed by atoms with E-state index in [0.29, 0.717) is 6.04 Å². The van der Waals surface area contributed by atoms with Gasteiger partial charge in [0.25, 0.3) is 0 Å². The normalized spacial score (nSPS) is 21.3. The summed E-state index contributed by atoms with van der Waals surface area (Å²) in [6.07, 6.45) is 10.8. The van der Waals surface area contributed by atoms with Gasteiger partial charge >= 0.3 is 0 Å².